The zero-order chi connectivity index (χ0) is 22.3. The SMILES string of the molecule is CN(C)[C@]1(c2ccccc2)CC[C@]2(CC1)CN(c1ncc(N)cn1)C(O)N2CC1CCC1. The van der Waals surface area contributed by atoms with Crippen LogP contribution in [0.15, 0.2) is 42.7 Å². The second-order valence-electron chi connectivity index (χ2n) is 10.3. The number of nitrogen functional groups attached to an aromatic ring is 1. The fraction of sp³-hybridized carbons (Fsp3) is 0.600. The van der Waals surface area contributed by atoms with Crippen molar-refractivity contribution in [2.75, 3.05) is 37.8 Å². The maximum absolute atomic E-state index is 11.4. The molecule has 7 heteroatoms. The van der Waals surface area contributed by atoms with Gasteiger partial charge in [0.1, 0.15) is 0 Å². The van der Waals surface area contributed by atoms with Crippen LogP contribution in [0.3, 0.4) is 0 Å². The lowest BCUT2D eigenvalue weighted by molar-refractivity contribution is -0.0662. The molecule has 2 aromatic rings. The summed E-state index contributed by atoms with van der Waals surface area (Å²) in [6.45, 7) is 1.70. The molecule has 3 N–H and O–H groups in total. The molecule has 172 valence electrons. The van der Waals surface area contributed by atoms with Gasteiger partial charge < -0.3 is 15.7 Å². The summed E-state index contributed by atoms with van der Waals surface area (Å²) in [4.78, 5) is 15.6. The Morgan fingerprint density at radius 1 is 1.06 bits per heavy atom. The van der Waals surface area contributed by atoms with Crippen molar-refractivity contribution in [2.24, 2.45) is 5.92 Å². The van der Waals surface area contributed by atoms with Crippen LogP contribution in [0.5, 0.6) is 0 Å². The Kier molecular flexibility index (Phi) is 5.60. The van der Waals surface area contributed by atoms with Gasteiger partial charge in [-0.05, 0) is 64.1 Å². The number of hydrogen-bond donors (Lipinski definition) is 2. The second-order valence-corrected chi connectivity index (χ2v) is 10.3. The summed E-state index contributed by atoms with van der Waals surface area (Å²) in [6.07, 6.45) is 10.6. The van der Waals surface area contributed by atoms with Crippen LogP contribution in [-0.4, -0.2) is 63.9 Å². The molecule has 32 heavy (non-hydrogen) atoms. The summed E-state index contributed by atoms with van der Waals surface area (Å²) >= 11 is 0. The quantitative estimate of drug-likeness (QED) is 0.746. The van der Waals surface area contributed by atoms with Crippen molar-refractivity contribution in [3.05, 3.63) is 48.3 Å². The molecule has 2 saturated carbocycles. The molecule has 1 unspecified atom stereocenters. The lowest BCUT2D eigenvalue weighted by Crippen LogP contribution is -2.57. The molecule has 1 aromatic heterocycles. The predicted octanol–water partition coefficient (Wildman–Crippen LogP) is 3.03. The van der Waals surface area contributed by atoms with Gasteiger partial charge in [-0.3, -0.25) is 9.80 Å². The van der Waals surface area contributed by atoms with Crippen molar-refractivity contribution in [1.29, 1.82) is 0 Å². The molecule has 1 aromatic carbocycles. The van der Waals surface area contributed by atoms with Crippen LogP contribution in [0.4, 0.5) is 11.6 Å². The number of nitrogens with zero attached hydrogens (tertiary/aromatic N) is 5. The van der Waals surface area contributed by atoms with Gasteiger partial charge in [0.25, 0.3) is 0 Å². The summed E-state index contributed by atoms with van der Waals surface area (Å²) in [6, 6.07) is 10.9. The van der Waals surface area contributed by atoms with Gasteiger partial charge in [-0.25, -0.2) is 9.97 Å². The molecular formula is C25H36N6O. The molecule has 2 heterocycles. The van der Waals surface area contributed by atoms with Crippen LogP contribution in [0.2, 0.25) is 0 Å². The zero-order valence-electron chi connectivity index (χ0n) is 19.3. The standard InChI is InChI=1S/C25H36N6O/c1-29(2)25(20-9-4-3-5-10-20)13-11-24(12-14-25)18-30(22-27-15-21(26)16-28-22)23(32)31(24)17-19-7-6-8-19/h3-5,9-10,15-16,19,23,32H,6-8,11-14,17-18,26H2,1-2H3/t23?,24-,25+. The van der Waals surface area contributed by atoms with Crippen molar-refractivity contribution in [3.8, 4) is 0 Å². The molecule has 0 bridgehead atoms. The van der Waals surface area contributed by atoms with E-state index in [1.165, 1.54) is 24.8 Å². The van der Waals surface area contributed by atoms with Crippen LogP contribution in [-0.2, 0) is 5.54 Å². The zero-order valence-corrected chi connectivity index (χ0v) is 19.3. The fourth-order valence-corrected chi connectivity index (χ4v) is 6.11. The van der Waals surface area contributed by atoms with E-state index in [0.717, 1.165) is 38.8 Å². The Morgan fingerprint density at radius 2 is 1.72 bits per heavy atom. The first kappa shape index (κ1) is 21.6. The third kappa shape index (κ3) is 3.56. The minimum atomic E-state index is -0.692. The van der Waals surface area contributed by atoms with E-state index in [9.17, 15) is 5.11 Å². The van der Waals surface area contributed by atoms with Crippen LogP contribution in [0.25, 0.3) is 0 Å². The molecule has 3 aliphatic rings. The third-order valence-electron chi connectivity index (χ3n) is 8.40. The molecule has 2 aliphatic carbocycles. The predicted molar refractivity (Wildman–Crippen MR) is 127 cm³/mol. The highest BCUT2D eigenvalue weighted by Gasteiger charge is 2.55. The number of aliphatic hydroxyl groups excluding tert-OH is 1. The molecule has 3 fully saturated rings. The molecule has 0 radical (unpaired) electrons. The van der Waals surface area contributed by atoms with Gasteiger partial charge in [0.15, 0.2) is 6.35 Å². The van der Waals surface area contributed by atoms with E-state index < -0.39 is 6.35 Å². The topological polar surface area (TPSA) is 81.8 Å². The summed E-state index contributed by atoms with van der Waals surface area (Å²) in [7, 11) is 4.41. The minimum Gasteiger partial charge on any atom is -0.396 e. The molecule has 7 nitrogen and oxygen atoms in total. The first-order valence-electron chi connectivity index (χ1n) is 12.0. The van der Waals surface area contributed by atoms with Crippen LogP contribution < -0.4 is 10.6 Å². The molecule has 1 atom stereocenters. The maximum atomic E-state index is 11.4. The third-order valence-corrected chi connectivity index (χ3v) is 8.40. The molecule has 1 saturated heterocycles. The highest BCUT2D eigenvalue weighted by atomic mass is 16.3. The molecule has 5 rings (SSSR count). The van der Waals surface area contributed by atoms with Gasteiger partial charge in [0, 0.05) is 24.2 Å². The van der Waals surface area contributed by atoms with Gasteiger partial charge in [-0.15, -0.1) is 0 Å². The summed E-state index contributed by atoms with van der Waals surface area (Å²) in [5, 5.41) is 11.4. The number of rotatable bonds is 5. The smallest absolute Gasteiger partial charge is 0.228 e. The molecule has 1 aliphatic heterocycles. The Labute approximate surface area is 191 Å². The lowest BCUT2D eigenvalue weighted by Gasteiger charge is -2.52. The Balaban J connectivity index is 1.44. The number of hydrogen-bond acceptors (Lipinski definition) is 7. The van der Waals surface area contributed by atoms with E-state index in [2.05, 4.69) is 64.2 Å². The first-order valence-corrected chi connectivity index (χ1v) is 12.0. The van der Waals surface area contributed by atoms with Crippen LogP contribution >= 0.6 is 0 Å². The van der Waals surface area contributed by atoms with E-state index in [1.54, 1.807) is 12.4 Å². The Bertz CT molecular complexity index is 906. The Morgan fingerprint density at radius 3 is 2.28 bits per heavy atom. The fourth-order valence-electron chi connectivity index (χ4n) is 6.11. The van der Waals surface area contributed by atoms with E-state index in [-0.39, 0.29) is 11.1 Å². The van der Waals surface area contributed by atoms with Gasteiger partial charge in [0.2, 0.25) is 5.95 Å². The minimum absolute atomic E-state index is 0.0325. The molecule has 1 spiro atoms. The summed E-state index contributed by atoms with van der Waals surface area (Å²) < 4.78 is 0. The largest absolute Gasteiger partial charge is 0.396 e. The monoisotopic (exact) mass is 436 g/mol. The highest BCUT2D eigenvalue weighted by molar-refractivity contribution is 5.40. The van der Waals surface area contributed by atoms with Crippen LogP contribution in [0, 0.1) is 5.92 Å². The first-order chi connectivity index (χ1) is 15.4. The number of anilines is 2. The van der Waals surface area contributed by atoms with Gasteiger partial charge in [-0.2, -0.15) is 0 Å². The van der Waals surface area contributed by atoms with Gasteiger partial charge >= 0.3 is 0 Å². The number of benzene rings is 1. The van der Waals surface area contributed by atoms with Crippen molar-refractivity contribution in [1.82, 2.24) is 19.8 Å². The van der Waals surface area contributed by atoms with Crippen molar-refractivity contribution in [3.63, 3.8) is 0 Å². The molecule has 0 amide bonds. The lowest BCUT2D eigenvalue weighted by atomic mass is 9.68. The molecular weight excluding hydrogens is 400 g/mol. The second kappa shape index (κ2) is 8.28. The normalized spacial score (nSPS) is 31.4. The van der Waals surface area contributed by atoms with Crippen molar-refractivity contribution in [2.45, 2.75) is 62.4 Å². The number of aromatic nitrogens is 2. The van der Waals surface area contributed by atoms with Crippen molar-refractivity contribution < 1.29 is 5.11 Å². The Hall–Kier alpha value is -2.22. The van der Waals surface area contributed by atoms with E-state index >= 15 is 0 Å². The highest BCUT2D eigenvalue weighted by Crippen LogP contribution is 2.50. The number of nitrogens with two attached hydrogens (primary N) is 1. The van der Waals surface area contributed by atoms with Crippen molar-refractivity contribution >= 4 is 11.6 Å². The summed E-state index contributed by atoms with van der Waals surface area (Å²) in [5.74, 6) is 1.25. The van der Waals surface area contributed by atoms with E-state index in [4.69, 9.17) is 5.73 Å². The summed E-state index contributed by atoms with van der Waals surface area (Å²) in [5.41, 5.74) is 7.71. The van der Waals surface area contributed by atoms with Gasteiger partial charge in [0.05, 0.1) is 18.1 Å². The van der Waals surface area contributed by atoms with E-state index in [0.29, 0.717) is 17.6 Å². The van der Waals surface area contributed by atoms with Crippen LogP contribution in [0.1, 0.15) is 50.5 Å². The number of aliphatic hydroxyl groups is 1. The van der Waals surface area contributed by atoms with E-state index in [1.807, 2.05) is 4.90 Å². The average Bonchev–Trinajstić information content (AvgIpc) is 3.04. The van der Waals surface area contributed by atoms with Gasteiger partial charge in [-0.1, -0.05) is 36.8 Å². The maximum Gasteiger partial charge on any atom is 0.228 e. The average molecular weight is 437 g/mol.